The minimum Gasteiger partial charge on any atom is -0.287 e. The fourth-order valence-corrected chi connectivity index (χ4v) is 2.81. The van der Waals surface area contributed by atoms with E-state index in [1.807, 2.05) is 26.0 Å². The normalized spacial score (nSPS) is 10.7. The molecule has 0 unspecified atom stereocenters. The lowest BCUT2D eigenvalue weighted by molar-refractivity contribution is 0.102. The van der Waals surface area contributed by atoms with Crippen LogP contribution in [0.3, 0.4) is 0 Å². The van der Waals surface area contributed by atoms with Gasteiger partial charge in [-0.1, -0.05) is 34.5 Å². The molecule has 3 nitrogen and oxygen atoms in total. The Bertz CT molecular complexity index is 602. The molecule has 0 radical (unpaired) electrons. The van der Waals surface area contributed by atoms with Gasteiger partial charge in [-0.05, 0) is 37.1 Å². The summed E-state index contributed by atoms with van der Waals surface area (Å²) in [6.07, 6.45) is 2.42. The van der Waals surface area contributed by atoms with Crippen LogP contribution >= 0.6 is 27.5 Å². The van der Waals surface area contributed by atoms with Crippen LogP contribution in [0.5, 0.6) is 0 Å². The van der Waals surface area contributed by atoms with Crippen molar-refractivity contribution >= 4 is 33.3 Å². The predicted octanol–water partition coefficient (Wildman–Crippen LogP) is 4.25. The second-order valence-corrected chi connectivity index (χ2v) is 5.73. The smallest absolute Gasteiger partial charge is 0.212 e. The Morgan fingerprint density at radius 3 is 2.79 bits per heavy atom. The standard InChI is InChI=1S/C14H14BrClN2O/c1-3-4-18-13(12(16)8-17-18)14(19)10-5-9(2)6-11(15)7-10/h5-8H,3-4H2,1-2H3. The Kier molecular flexibility index (Phi) is 4.42. The van der Waals surface area contributed by atoms with Gasteiger partial charge in [-0.2, -0.15) is 5.10 Å². The molecule has 0 saturated carbocycles. The van der Waals surface area contributed by atoms with Gasteiger partial charge in [-0.3, -0.25) is 9.48 Å². The molecule has 0 aliphatic rings. The van der Waals surface area contributed by atoms with E-state index in [2.05, 4.69) is 21.0 Å². The minimum atomic E-state index is -0.0969. The van der Waals surface area contributed by atoms with Crippen molar-refractivity contribution in [2.45, 2.75) is 26.8 Å². The molecular weight excluding hydrogens is 328 g/mol. The molecule has 1 aromatic carbocycles. The van der Waals surface area contributed by atoms with Crippen LogP contribution in [0.15, 0.2) is 28.9 Å². The van der Waals surface area contributed by atoms with Crippen molar-refractivity contribution in [1.82, 2.24) is 9.78 Å². The van der Waals surface area contributed by atoms with Crippen molar-refractivity contribution in [3.63, 3.8) is 0 Å². The SMILES string of the molecule is CCCn1ncc(Cl)c1C(=O)c1cc(C)cc(Br)c1. The van der Waals surface area contributed by atoms with Crippen LogP contribution < -0.4 is 0 Å². The number of hydrogen-bond acceptors (Lipinski definition) is 2. The zero-order valence-electron chi connectivity index (χ0n) is 10.8. The van der Waals surface area contributed by atoms with Crippen LogP contribution in [-0.4, -0.2) is 15.6 Å². The number of carbonyl (C=O) groups excluding carboxylic acids is 1. The lowest BCUT2D eigenvalue weighted by Gasteiger charge is -2.07. The summed E-state index contributed by atoms with van der Waals surface area (Å²) in [7, 11) is 0. The zero-order chi connectivity index (χ0) is 14.0. The fourth-order valence-electron chi connectivity index (χ4n) is 1.97. The maximum absolute atomic E-state index is 12.6. The van der Waals surface area contributed by atoms with E-state index in [9.17, 15) is 4.79 Å². The van der Waals surface area contributed by atoms with Gasteiger partial charge in [0, 0.05) is 16.6 Å². The van der Waals surface area contributed by atoms with Crippen molar-refractivity contribution in [1.29, 1.82) is 0 Å². The number of rotatable bonds is 4. The lowest BCUT2D eigenvalue weighted by atomic mass is 10.1. The average Bonchev–Trinajstić information content (AvgIpc) is 2.69. The summed E-state index contributed by atoms with van der Waals surface area (Å²) in [4.78, 5) is 12.6. The fraction of sp³-hybridized carbons (Fsp3) is 0.286. The summed E-state index contributed by atoms with van der Waals surface area (Å²) in [6, 6.07) is 5.61. The maximum Gasteiger partial charge on any atom is 0.212 e. The lowest BCUT2D eigenvalue weighted by Crippen LogP contribution is -2.12. The van der Waals surface area contributed by atoms with E-state index < -0.39 is 0 Å². The summed E-state index contributed by atoms with van der Waals surface area (Å²) >= 11 is 9.49. The first kappa shape index (κ1) is 14.3. The first-order valence-electron chi connectivity index (χ1n) is 6.06. The van der Waals surface area contributed by atoms with Crippen molar-refractivity contribution in [3.05, 3.63) is 50.7 Å². The third-order valence-corrected chi connectivity index (χ3v) is 3.48. The molecule has 0 aliphatic carbocycles. The van der Waals surface area contributed by atoms with Crippen LogP contribution in [0.25, 0.3) is 0 Å². The van der Waals surface area contributed by atoms with Gasteiger partial charge in [0.25, 0.3) is 0 Å². The first-order valence-corrected chi connectivity index (χ1v) is 7.23. The highest BCUT2D eigenvalue weighted by atomic mass is 79.9. The molecule has 2 aromatic rings. The quantitative estimate of drug-likeness (QED) is 0.779. The molecule has 0 atom stereocenters. The molecule has 0 saturated heterocycles. The monoisotopic (exact) mass is 340 g/mol. The highest BCUT2D eigenvalue weighted by Gasteiger charge is 2.19. The molecule has 1 aromatic heterocycles. The Morgan fingerprint density at radius 2 is 2.16 bits per heavy atom. The molecule has 100 valence electrons. The number of nitrogens with zero attached hydrogens (tertiary/aromatic N) is 2. The van der Waals surface area contributed by atoms with Crippen LogP contribution in [0.1, 0.15) is 35.0 Å². The molecular formula is C14H14BrClN2O. The molecule has 2 rings (SSSR count). The maximum atomic E-state index is 12.6. The van der Waals surface area contributed by atoms with Gasteiger partial charge in [0.15, 0.2) is 0 Å². The molecule has 5 heteroatoms. The zero-order valence-corrected chi connectivity index (χ0v) is 13.1. The Balaban J connectivity index is 2.46. The molecule has 0 amide bonds. The van der Waals surface area contributed by atoms with Crippen LogP contribution in [0.4, 0.5) is 0 Å². The molecule has 0 aliphatic heterocycles. The third-order valence-electron chi connectivity index (χ3n) is 2.75. The van der Waals surface area contributed by atoms with E-state index in [0.29, 0.717) is 22.8 Å². The Labute approximate surface area is 125 Å². The van der Waals surface area contributed by atoms with Gasteiger partial charge in [-0.25, -0.2) is 0 Å². The van der Waals surface area contributed by atoms with Crippen LogP contribution in [-0.2, 0) is 6.54 Å². The summed E-state index contributed by atoms with van der Waals surface area (Å²) in [5, 5.41) is 4.55. The highest BCUT2D eigenvalue weighted by Crippen LogP contribution is 2.22. The molecule has 0 fully saturated rings. The number of halogens is 2. The van der Waals surface area contributed by atoms with Gasteiger partial charge < -0.3 is 0 Å². The van der Waals surface area contributed by atoms with E-state index in [4.69, 9.17) is 11.6 Å². The molecule has 0 N–H and O–H groups in total. The van der Waals surface area contributed by atoms with Crippen LogP contribution in [0, 0.1) is 6.92 Å². The minimum absolute atomic E-state index is 0.0969. The van der Waals surface area contributed by atoms with E-state index in [1.54, 1.807) is 10.7 Å². The highest BCUT2D eigenvalue weighted by molar-refractivity contribution is 9.10. The number of ketones is 1. The van der Waals surface area contributed by atoms with Crippen molar-refractivity contribution in [3.8, 4) is 0 Å². The van der Waals surface area contributed by atoms with Gasteiger partial charge in [0.05, 0.1) is 11.2 Å². The second kappa shape index (κ2) is 5.88. The number of hydrogen-bond donors (Lipinski definition) is 0. The topological polar surface area (TPSA) is 34.9 Å². The van der Waals surface area contributed by atoms with E-state index in [1.165, 1.54) is 6.20 Å². The second-order valence-electron chi connectivity index (χ2n) is 4.41. The Morgan fingerprint density at radius 1 is 1.42 bits per heavy atom. The summed E-state index contributed by atoms with van der Waals surface area (Å²) in [5.74, 6) is -0.0969. The summed E-state index contributed by atoms with van der Waals surface area (Å²) in [6.45, 7) is 4.67. The largest absolute Gasteiger partial charge is 0.287 e. The summed E-state index contributed by atoms with van der Waals surface area (Å²) < 4.78 is 2.55. The summed E-state index contributed by atoms with van der Waals surface area (Å²) in [5.41, 5.74) is 2.10. The van der Waals surface area contributed by atoms with Crippen molar-refractivity contribution in [2.75, 3.05) is 0 Å². The first-order chi connectivity index (χ1) is 9.02. The van der Waals surface area contributed by atoms with E-state index in [-0.39, 0.29) is 5.78 Å². The molecule has 19 heavy (non-hydrogen) atoms. The molecule has 0 spiro atoms. The number of benzene rings is 1. The number of aryl methyl sites for hydroxylation is 2. The third kappa shape index (κ3) is 3.07. The number of aromatic nitrogens is 2. The Hall–Kier alpha value is -1.13. The average molecular weight is 342 g/mol. The van der Waals surface area contributed by atoms with Gasteiger partial charge >= 0.3 is 0 Å². The van der Waals surface area contributed by atoms with Gasteiger partial charge in [0.2, 0.25) is 5.78 Å². The van der Waals surface area contributed by atoms with Crippen LogP contribution in [0.2, 0.25) is 5.02 Å². The number of carbonyl (C=O) groups is 1. The van der Waals surface area contributed by atoms with E-state index in [0.717, 1.165) is 16.5 Å². The van der Waals surface area contributed by atoms with E-state index >= 15 is 0 Å². The molecule has 1 heterocycles. The van der Waals surface area contributed by atoms with Gasteiger partial charge in [0.1, 0.15) is 5.69 Å². The van der Waals surface area contributed by atoms with Gasteiger partial charge in [-0.15, -0.1) is 0 Å². The predicted molar refractivity (Wildman–Crippen MR) is 79.8 cm³/mol. The van der Waals surface area contributed by atoms with Crippen molar-refractivity contribution < 1.29 is 4.79 Å². The van der Waals surface area contributed by atoms with Crippen molar-refractivity contribution in [2.24, 2.45) is 0 Å². The molecule has 0 bridgehead atoms.